The second-order valence-electron chi connectivity index (χ2n) is 8.35. The summed E-state index contributed by atoms with van der Waals surface area (Å²) in [5.41, 5.74) is 4.10. The lowest BCUT2D eigenvalue weighted by Gasteiger charge is -2.30. The molecule has 3 heterocycles. The quantitative estimate of drug-likeness (QED) is 0.564. The number of methoxy groups -OCH3 is 1. The molecule has 0 aliphatic carbocycles. The molecule has 0 spiro atoms. The van der Waals surface area contributed by atoms with Crippen LogP contribution in [0.1, 0.15) is 35.5 Å². The van der Waals surface area contributed by atoms with E-state index in [1.54, 1.807) is 6.07 Å². The fraction of sp³-hybridized carbons (Fsp3) is 0.458. The van der Waals surface area contributed by atoms with Gasteiger partial charge in [-0.15, -0.1) is 5.10 Å². The summed E-state index contributed by atoms with van der Waals surface area (Å²) < 4.78 is 38.9. The summed E-state index contributed by atoms with van der Waals surface area (Å²) in [6.07, 6.45) is 0. The molecule has 9 heteroatoms. The molecule has 1 fully saturated rings. The van der Waals surface area contributed by atoms with Crippen LogP contribution in [-0.2, 0) is 15.4 Å². The Labute approximate surface area is 192 Å². The number of nitrogens with one attached hydrogen (secondary N) is 1. The number of rotatable bonds is 7. The molecule has 1 saturated heterocycles. The van der Waals surface area contributed by atoms with E-state index in [9.17, 15) is 8.78 Å². The number of benzene rings is 1. The number of alkyl halides is 2. The molecular weight excluding hydrogens is 428 g/mol. The van der Waals surface area contributed by atoms with Crippen LogP contribution >= 0.6 is 0 Å². The van der Waals surface area contributed by atoms with Crippen LogP contribution < -0.4 is 10.2 Å². The third-order valence-corrected chi connectivity index (χ3v) is 5.92. The second kappa shape index (κ2) is 9.52. The van der Waals surface area contributed by atoms with E-state index in [-0.39, 0.29) is 11.6 Å². The van der Waals surface area contributed by atoms with Gasteiger partial charge in [-0.3, -0.25) is 0 Å². The van der Waals surface area contributed by atoms with Gasteiger partial charge in [0.05, 0.1) is 41.8 Å². The smallest absolute Gasteiger partial charge is 0.296 e. The normalized spacial score (nSPS) is 15.6. The monoisotopic (exact) mass is 457 g/mol. The molecule has 1 aliphatic heterocycles. The molecule has 0 amide bonds. The highest BCUT2D eigenvalue weighted by molar-refractivity contribution is 5.93. The lowest BCUT2D eigenvalue weighted by Crippen LogP contribution is -2.36. The second-order valence-corrected chi connectivity index (χ2v) is 8.35. The van der Waals surface area contributed by atoms with E-state index in [1.165, 1.54) is 19.2 Å². The SMILES string of the molecule is COCC(F)(F)c1cccc([C@@H](C)Nc2nnc(C)c3nc(C)c(N4CCOCC4)cc23)c1. The van der Waals surface area contributed by atoms with Gasteiger partial charge in [-0.1, -0.05) is 18.2 Å². The third-order valence-electron chi connectivity index (χ3n) is 5.92. The van der Waals surface area contributed by atoms with Gasteiger partial charge in [-0.05, 0) is 38.5 Å². The first kappa shape index (κ1) is 23.3. The van der Waals surface area contributed by atoms with Crippen molar-refractivity contribution >= 4 is 22.4 Å². The Morgan fingerprint density at radius 3 is 2.64 bits per heavy atom. The van der Waals surface area contributed by atoms with Crippen molar-refractivity contribution in [3.63, 3.8) is 0 Å². The molecule has 33 heavy (non-hydrogen) atoms. The van der Waals surface area contributed by atoms with E-state index in [0.29, 0.717) is 24.6 Å². The molecule has 1 atom stereocenters. The van der Waals surface area contributed by atoms with Crippen LogP contribution in [0, 0.1) is 13.8 Å². The highest BCUT2D eigenvalue weighted by Gasteiger charge is 2.32. The van der Waals surface area contributed by atoms with Gasteiger partial charge in [0.1, 0.15) is 6.61 Å². The average molecular weight is 458 g/mol. The highest BCUT2D eigenvalue weighted by atomic mass is 19.3. The van der Waals surface area contributed by atoms with E-state index in [0.717, 1.165) is 41.1 Å². The molecule has 7 nitrogen and oxygen atoms in total. The number of morpholine rings is 1. The number of hydrogen-bond acceptors (Lipinski definition) is 7. The Kier molecular flexibility index (Phi) is 6.71. The van der Waals surface area contributed by atoms with Gasteiger partial charge >= 0.3 is 0 Å². The Morgan fingerprint density at radius 2 is 1.91 bits per heavy atom. The Morgan fingerprint density at radius 1 is 1.15 bits per heavy atom. The Bertz CT molecular complexity index is 1140. The van der Waals surface area contributed by atoms with Crippen LogP contribution in [0.25, 0.3) is 10.9 Å². The lowest BCUT2D eigenvalue weighted by molar-refractivity contribution is -0.0698. The number of pyridine rings is 1. The van der Waals surface area contributed by atoms with Crippen LogP contribution in [0.5, 0.6) is 0 Å². The first-order valence-corrected chi connectivity index (χ1v) is 11.0. The average Bonchev–Trinajstić information content (AvgIpc) is 2.81. The largest absolute Gasteiger partial charge is 0.378 e. The van der Waals surface area contributed by atoms with Crippen molar-refractivity contribution in [2.45, 2.75) is 32.7 Å². The van der Waals surface area contributed by atoms with Gasteiger partial charge in [-0.2, -0.15) is 13.9 Å². The summed E-state index contributed by atoms with van der Waals surface area (Å²) in [7, 11) is 1.27. The fourth-order valence-corrected chi connectivity index (χ4v) is 4.10. The minimum atomic E-state index is -3.06. The highest BCUT2D eigenvalue weighted by Crippen LogP contribution is 2.33. The summed E-state index contributed by atoms with van der Waals surface area (Å²) >= 11 is 0. The number of ether oxygens (including phenoxy) is 2. The zero-order chi connectivity index (χ0) is 23.6. The van der Waals surface area contributed by atoms with E-state index in [4.69, 9.17) is 9.72 Å². The molecule has 2 aromatic heterocycles. The number of anilines is 2. The lowest BCUT2D eigenvalue weighted by atomic mass is 10.0. The van der Waals surface area contributed by atoms with Gasteiger partial charge in [0, 0.05) is 31.1 Å². The molecule has 1 aliphatic rings. The molecular formula is C24H29F2N5O2. The molecule has 3 aromatic rings. The summed E-state index contributed by atoms with van der Waals surface area (Å²) in [5.74, 6) is -2.49. The van der Waals surface area contributed by atoms with E-state index in [2.05, 4.69) is 31.2 Å². The minimum Gasteiger partial charge on any atom is -0.378 e. The maximum absolute atomic E-state index is 14.3. The van der Waals surface area contributed by atoms with Gasteiger partial charge in [0.25, 0.3) is 5.92 Å². The zero-order valence-corrected chi connectivity index (χ0v) is 19.4. The van der Waals surface area contributed by atoms with E-state index in [1.807, 2.05) is 26.8 Å². The minimum absolute atomic E-state index is 0.0813. The van der Waals surface area contributed by atoms with Gasteiger partial charge < -0.3 is 19.7 Å². The number of aromatic nitrogens is 3. The molecule has 4 rings (SSSR count). The van der Waals surface area contributed by atoms with Crippen molar-refractivity contribution < 1.29 is 18.3 Å². The van der Waals surface area contributed by atoms with Gasteiger partial charge in [0.15, 0.2) is 5.82 Å². The van der Waals surface area contributed by atoms with Crippen LogP contribution in [0.2, 0.25) is 0 Å². The van der Waals surface area contributed by atoms with Crippen molar-refractivity contribution in [1.82, 2.24) is 15.2 Å². The Hall–Kier alpha value is -2.91. The van der Waals surface area contributed by atoms with Gasteiger partial charge in [-0.25, -0.2) is 4.98 Å². The molecule has 1 aromatic carbocycles. The third kappa shape index (κ3) is 4.89. The number of fused-ring (bicyclic) bond motifs is 1. The summed E-state index contributed by atoms with van der Waals surface area (Å²) in [5, 5.41) is 12.9. The van der Waals surface area contributed by atoms with Crippen molar-refractivity contribution in [1.29, 1.82) is 0 Å². The zero-order valence-electron chi connectivity index (χ0n) is 19.4. The molecule has 1 N–H and O–H groups in total. The van der Waals surface area contributed by atoms with Crippen molar-refractivity contribution in [3.8, 4) is 0 Å². The van der Waals surface area contributed by atoms with E-state index < -0.39 is 12.5 Å². The summed E-state index contributed by atoms with van der Waals surface area (Å²) in [6, 6.07) is 8.17. The number of aryl methyl sites for hydroxylation is 2. The maximum Gasteiger partial charge on any atom is 0.296 e. The standard InChI is InChI=1S/C24H29F2N5O2/c1-15(18-6-5-7-19(12-18)24(25,26)14-32-4)28-23-20-13-21(31-8-10-33-11-9-31)16(2)27-22(20)17(3)29-30-23/h5-7,12-13,15H,8-11,14H2,1-4H3,(H,28,30)/t15-/m1/s1. The van der Waals surface area contributed by atoms with Crippen LogP contribution in [0.4, 0.5) is 20.3 Å². The maximum atomic E-state index is 14.3. The number of nitrogens with zero attached hydrogens (tertiary/aromatic N) is 4. The van der Waals surface area contributed by atoms with Crippen LogP contribution in [-0.4, -0.2) is 55.2 Å². The van der Waals surface area contributed by atoms with Crippen LogP contribution in [0.15, 0.2) is 30.3 Å². The Balaban J connectivity index is 1.68. The first-order valence-electron chi connectivity index (χ1n) is 11.0. The first-order chi connectivity index (χ1) is 15.8. The van der Waals surface area contributed by atoms with E-state index >= 15 is 0 Å². The molecule has 176 valence electrons. The molecule has 0 saturated carbocycles. The molecule has 0 bridgehead atoms. The predicted molar refractivity (Wildman–Crippen MR) is 124 cm³/mol. The van der Waals surface area contributed by atoms with Gasteiger partial charge in [0.2, 0.25) is 0 Å². The number of halogens is 2. The molecule has 0 unspecified atom stereocenters. The summed E-state index contributed by atoms with van der Waals surface area (Å²) in [6.45, 7) is 8.07. The molecule has 0 radical (unpaired) electrons. The van der Waals surface area contributed by atoms with Crippen LogP contribution in [0.3, 0.4) is 0 Å². The summed E-state index contributed by atoms with van der Waals surface area (Å²) in [4.78, 5) is 7.08. The topological polar surface area (TPSA) is 72.4 Å². The predicted octanol–water partition coefficient (Wildman–Crippen LogP) is 4.39. The van der Waals surface area contributed by atoms with Crippen molar-refractivity contribution in [2.24, 2.45) is 0 Å². The van der Waals surface area contributed by atoms with Crippen molar-refractivity contribution in [3.05, 3.63) is 52.8 Å². The fourth-order valence-electron chi connectivity index (χ4n) is 4.10. The van der Waals surface area contributed by atoms with Crippen molar-refractivity contribution in [2.75, 3.05) is 50.2 Å². The number of hydrogen-bond donors (Lipinski definition) is 1.